The van der Waals surface area contributed by atoms with E-state index in [1.165, 1.54) is 24.0 Å². The monoisotopic (exact) mass is 499 g/mol. The molecule has 0 saturated carbocycles. The van der Waals surface area contributed by atoms with Crippen LogP contribution in [-0.4, -0.2) is 47.2 Å². The zero-order valence-electron chi connectivity index (χ0n) is 22.0. The number of methoxy groups -OCH3 is 1. The highest BCUT2D eigenvalue weighted by molar-refractivity contribution is 5.93. The van der Waals surface area contributed by atoms with Gasteiger partial charge < -0.3 is 20.7 Å². The van der Waals surface area contributed by atoms with E-state index in [9.17, 15) is 4.79 Å². The lowest BCUT2D eigenvalue weighted by atomic mass is 9.96. The van der Waals surface area contributed by atoms with Crippen LogP contribution in [0.2, 0.25) is 0 Å². The fourth-order valence-corrected chi connectivity index (χ4v) is 6.96. The van der Waals surface area contributed by atoms with Gasteiger partial charge in [0, 0.05) is 40.8 Å². The molecule has 6 rings (SSSR count). The number of pyridine rings is 1. The molecule has 2 amide bonds. The van der Waals surface area contributed by atoms with Gasteiger partial charge in [-0.15, -0.1) is 0 Å². The predicted molar refractivity (Wildman–Crippen MR) is 148 cm³/mol. The van der Waals surface area contributed by atoms with Gasteiger partial charge in [0.1, 0.15) is 11.6 Å². The third kappa shape index (κ3) is 4.73. The molecule has 2 saturated heterocycles. The Labute approximate surface area is 219 Å². The van der Waals surface area contributed by atoms with Crippen molar-refractivity contribution in [2.24, 2.45) is 0 Å². The number of aryl methyl sites for hydroxylation is 1. The molecule has 7 heteroatoms. The lowest BCUT2D eigenvalue weighted by Crippen LogP contribution is -2.53. The average Bonchev–Trinajstić information content (AvgIpc) is 3.42. The molecule has 0 radical (unpaired) electrons. The SMILES string of the molecule is COc1cccc2c1C(Nc1ccc3cc(NC(=O)NC4CC5CCC(C4)N5C(C)C)ccc3n1)CC2. The van der Waals surface area contributed by atoms with Crippen LogP contribution in [0.25, 0.3) is 10.9 Å². The van der Waals surface area contributed by atoms with Crippen LogP contribution in [0.3, 0.4) is 0 Å². The van der Waals surface area contributed by atoms with Gasteiger partial charge in [-0.25, -0.2) is 9.78 Å². The van der Waals surface area contributed by atoms with E-state index in [0.29, 0.717) is 18.1 Å². The van der Waals surface area contributed by atoms with E-state index >= 15 is 0 Å². The third-order valence-electron chi connectivity index (χ3n) is 8.42. The van der Waals surface area contributed by atoms with Crippen molar-refractivity contribution in [3.05, 3.63) is 59.7 Å². The van der Waals surface area contributed by atoms with Gasteiger partial charge in [-0.1, -0.05) is 12.1 Å². The highest BCUT2D eigenvalue weighted by Crippen LogP contribution is 2.40. The molecular formula is C30H37N5O2. The van der Waals surface area contributed by atoms with Gasteiger partial charge >= 0.3 is 6.03 Å². The number of piperidine rings is 1. The van der Waals surface area contributed by atoms with E-state index in [0.717, 1.165) is 53.8 Å². The molecule has 7 nitrogen and oxygen atoms in total. The summed E-state index contributed by atoms with van der Waals surface area (Å²) in [6.45, 7) is 4.56. The Balaban J connectivity index is 1.09. The number of nitrogens with one attached hydrogen (secondary N) is 3. The minimum Gasteiger partial charge on any atom is -0.496 e. The molecule has 3 unspecified atom stereocenters. The second-order valence-electron chi connectivity index (χ2n) is 11.1. The topological polar surface area (TPSA) is 78.5 Å². The van der Waals surface area contributed by atoms with Gasteiger partial charge in [0.05, 0.1) is 18.7 Å². The highest BCUT2D eigenvalue weighted by Gasteiger charge is 2.42. The summed E-state index contributed by atoms with van der Waals surface area (Å²) in [5, 5.41) is 10.9. The second-order valence-corrected chi connectivity index (χ2v) is 11.1. The molecule has 1 aromatic heterocycles. The molecule has 3 N–H and O–H groups in total. The maximum atomic E-state index is 12.8. The first kappa shape index (κ1) is 24.0. The number of ether oxygens (including phenoxy) is 1. The van der Waals surface area contributed by atoms with Gasteiger partial charge in [0.15, 0.2) is 0 Å². The molecule has 2 fully saturated rings. The summed E-state index contributed by atoms with van der Waals surface area (Å²) in [6.07, 6.45) is 6.63. The van der Waals surface area contributed by atoms with Crippen molar-refractivity contribution < 1.29 is 9.53 Å². The summed E-state index contributed by atoms with van der Waals surface area (Å²) in [6, 6.07) is 18.3. The van der Waals surface area contributed by atoms with Crippen LogP contribution in [-0.2, 0) is 6.42 Å². The molecule has 194 valence electrons. The normalized spacial score (nSPS) is 24.8. The standard InChI is InChI=1S/C30H37N5O2/c1-18(2)35-23-10-11-24(35)17-22(16-23)32-30(36)31-21-9-13-25-20(15-21)8-14-28(33-25)34-26-12-7-19-5-4-6-27(37-3)29(19)26/h4-6,8-9,13-15,18,22-24,26H,7,10-12,16-17H2,1-3H3,(H,33,34)(H2,31,32,36). The summed E-state index contributed by atoms with van der Waals surface area (Å²) < 4.78 is 5.61. The van der Waals surface area contributed by atoms with E-state index in [-0.39, 0.29) is 18.1 Å². The Bertz CT molecular complexity index is 1290. The first-order valence-electron chi connectivity index (χ1n) is 13.7. The van der Waals surface area contributed by atoms with Gasteiger partial charge in [-0.2, -0.15) is 0 Å². The number of hydrogen-bond donors (Lipinski definition) is 3. The van der Waals surface area contributed by atoms with Crippen LogP contribution in [0.15, 0.2) is 48.5 Å². The van der Waals surface area contributed by atoms with Crippen LogP contribution >= 0.6 is 0 Å². The van der Waals surface area contributed by atoms with Crippen molar-refractivity contribution in [1.82, 2.24) is 15.2 Å². The number of nitrogens with zero attached hydrogens (tertiary/aromatic N) is 2. The largest absolute Gasteiger partial charge is 0.496 e. The van der Waals surface area contributed by atoms with Crippen molar-refractivity contribution >= 4 is 28.4 Å². The Morgan fingerprint density at radius 2 is 1.86 bits per heavy atom. The van der Waals surface area contributed by atoms with E-state index < -0.39 is 0 Å². The molecule has 3 heterocycles. The van der Waals surface area contributed by atoms with Crippen LogP contribution < -0.4 is 20.7 Å². The molecule has 2 aromatic carbocycles. The van der Waals surface area contributed by atoms with Crippen molar-refractivity contribution in [2.45, 2.75) is 82.6 Å². The molecule has 2 aliphatic heterocycles. The van der Waals surface area contributed by atoms with Gasteiger partial charge in [0.25, 0.3) is 0 Å². The molecule has 3 atom stereocenters. The summed E-state index contributed by atoms with van der Waals surface area (Å²) in [5.74, 6) is 1.78. The first-order valence-corrected chi connectivity index (χ1v) is 13.7. The Morgan fingerprint density at radius 1 is 1.05 bits per heavy atom. The van der Waals surface area contributed by atoms with Crippen molar-refractivity contribution in [3.63, 3.8) is 0 Å². The number of urea groups is 1. The molecule has 37 heavy (non-hydrogen) atoms. The maximum absolute atomic E-state index is 12.8. The van der Waals surface area contributed by atoms with E-state index in [2.05, 4.69) is 52.9 Å². The predicted octanol–water partition coefficient (Wildman–Crippen LogP) is 5.87. The summed E-state index contributed by atoms with van der Waals surface area (Å²) in [7, 11) is 1.73. The first-order chi connectivity index (χ1) is 18.0. The molecular weight excluding hydrogens is 462 g/mol. The molecule has 1 aliphatic carbocycles. The van der Waals surface area contributed by atoms with Gasteiger partial charge in [0.2, 0.25) is 0 Å². The van der Waals surface area contributed by atoms with Crippen molar-refractivity contribution in [2.75, 3.05) is 17.7 Å². The van der Waals surface area contributed by atoms with Crippen LogP contribution in [0.5, 0.6) is 5.75 Å². The van der Waals surface area contributed by atoms with E-state index in [1.54, 1.807) is 7.11 Å². The quantitative estimate of drug-likeness (QED) is 0.395. The minimum absolute atomic E-state index is 0.123. The molecule has 3 aliphatic rings. The third-order valence-corrected chi connectivity index (χ3v) is 8.42. The zero-order valence-corrected chi connectivity index (χ0v) is 22.0. The zero-order chi connectivity index (χ0) is 25.5. The van der Waals surface area contributed by atoms with Gasteiger partial charge in [-0.05, 0) is 94.3 Å². The number of fused-ring (bicyclic) bond motifs is 4. The minimum atomic E-state index is -0.123. The Hall–Kier alpha value is -3.32. The smallest absolute Gasteiger partial charge is 0.319 e. The van der Waals surface area contributed by atoms with Crippen LogP contribution in [0, 0.1) is 0 Å². The highest BCUT2D eigenvalue weighted by atomic mass is 16.5. The van der Waals surface area contributed by atoms with Crippen molar-refractivity contribution in [1.29, 1.82) is 0 Å². The van der Waals surface area contributed by atoms with Gasteiger partial charge in [-0.3, -0.25) is 4.90 Å². The molecule has 0 spiro atoms. The molecule has 2 bridgehead atoms. The number of amides is 2. The Kier molecular flexibility index (Phi) is 6.41. The molecule has 3 aromatic rings. The van der Waals surface area contributed by atoms with Crippen molar-refractivity contribution in [3.8, 4) is 5.75 Å². The number of carbonyl (C=O) groups is 1. The average molecular weight is 500 g/mol. The maximum Gasteiger partial charge on any atom is 0.319 e. The van der Waals surface area contributed by atoms with E-state index in [4.69, 9.17) is 9.72 Å². The lowest BCUT2D eigenvalue weighted by molar-refractivity contribution is 0.0876. The number of hydrogen-bond acceptors (Lipinski definition) is 5. The van der Waals surface area contributed by atoms with Crippen LogP contribution in [0.4, 0.5) is 16.3 Å². The van der Waals surface area contributed by atoms with E-state index in [1.807, 2.05) is 30.3 Å². The number of rotatable bonds is 6. The summed E-state index contributed by atoms with van der Waals surface area (Å²) in [4.78, 5) is 20.3. The number of aromatic nitrogens is 1. The Morgan fingerprint density at radius 3 is 2.62 bits per heavy atom. The number of carbonyl (C=O) groups excluding carboxylic acids is 1. The fraction of sp³-hybridized carbons (Fsp3) is 0.467. The number of anilines is 2. The van der Waals surface area contributed by atoms with Crippen LogP contribution in [0.1, 0.15) is 63.1 Å². The second kappa shape index (κ2) is 9.86. The lowest BCUT2D eigenvalue weighted by Gasteiger charge is -2.41. The summed E-state index contributed by atoms with van der Waals surface area (Å²) >= 11 is 0. The number of benzene rings is 2. The summed E-state index contributed by atoms with van der Waals surface area (Å²) in [5.41, 5.74) is 4.25. The fourth-order valence-electron chi connectivity index (χ4n) is 6.96.